The van der Waals surface area contributed by atoms with E-state index in [4.69, 9.17) is 4.74 Å². The van der Waals surface area contributed by atoms with Gasteiger partial charge in [0.05, 0.1) is 18.4 Å². The molecule has 0 saturated heterocycles. The van der Waals surface area contributed by atoms with Crippen molar-refractivity contribution in [3.05, 3.63) is 24.3 Å². The molecule has 2 bridgehead atoms. The minimum absolute atomic E-state index is 0.0000345. The van der Waals surface area contributed by atoms with E-state index in [9.17, 15) is 14.7 Å². The summed E-state index contributed by atoms with van der Waals surface area (Å²) in [6.07, 6.45) is 10.3. The van der Waals surface area contributed by atoms with Gasteiger partial charge in [-0.25, -0.2) is 0 Å². The average molecular weight is 264 g/mol. The number of hydrogen-bond donors (Lipinski definition) is 1. The van der Waals surface area contributed by atoms with Gasteiger partial charge in [-0.2, -0.15) is 0 Å². The highest BCUT2D eigenvalue weighted by molar-refractivity contribution is 5.83. The molecule has 0 amide bonds. The van der Waals surface area contributed by atoms with Gasteiger partial charge in [0, 0.05) is 0 Å². The van der Waals surface area contributed by atoms with Gasteiger partial charge in [0.15, 0.2) is 0 Å². The number of carbonyl (C=O) groups excluding carboxylic acids is 1. The summed E-state index contributed by atoms with van der Waals surface area (Å²) in [4.78, 5) is 23.3. The molecule has 0 aromatic heterocycles. The van der Waals surface area contributed by atoms with Crippen LogP contribution in [0.15, 0.2) is 24.3 Å². The van der Waals surface area contributed by atoms with Gasteiger partial charge in [-0.3, -0.25) is 9.59 Å². The van der Waals surface area contributed by atoms with Crippen LogP contribution in [0.25, 0.3) is 0 Å². The third-order valence-corrected chi connectivity index (χ3v) is 3.95. The number of fused-ring (bicyclic) bond motifs is 2. The first-order chi connectivity index (χ1) is 9.15. The van der Waals surface area contributed by atoms with Crippen molar-refractivity contribution in [2.24, 2.45) is 23.7 Å². The zero-order valence-electron chi connectivity index (χ0n) is 11.1. The van der Waals surface area contributed by atoms with Crippen LogP contribution < -0.4 is 0 Å². The van der Waals surface area contributed by atoms with Crippen molar-refractivity contribution in [1.29, 1.82) is 0 Å². The topological polar surface area (TPSA) is 63.6 Å². The summed E-state index contributed by atoms with van der Waals surface area (Å²) in [5.74, 6) is -2.29. The summed E-state index contributed by atoms with van der Waals surface area (Å²) in [7, 11) is 0. The molecule has 4 atom stereocenters. The van der Waals surface area contributed by atoms with Crippen LogP contribution >= 0.6 is 0 Å². The third-order valence-electron chi connectivity index (χ3n) is 3.95. The highest BCUT2D eigenvalue weighted by atomic mass is 16.5. The number of allylic oxidation sites excluding steroid dienone is 3. The predicted molar refractivity (Wildman–Crippen MR) is 70.4 cm³/mol. The van der Waals surface area contributed by atoms with Crippen molar-refractivity contribution >= 4 is 11.9 Å². The lowest BCUT2D eigenvalue weighted by atomic mass is 9.83. The number of carbonyl (C=O) groups is 2. The molecule has 1 N–H and O–H groups in total. The molecule has 19 heavy (non-hydrogen) atoms. The molecule has 2 rings (SSSR count). The molecule has 1 fully saturated rings. The Balaban J connectivity index is 1.89. The Hall–Kier alpha value is -1.58. The van der Waals surface area contributed by atoms with E-state index in [1.54, 1.807) is 0 Å². The van der Waals surface area contributed by atoms with Gasteiger partial charge in [-0.1, -0.05) is 31.2 Å². The van der Waals surface area contributed by atoms with Crippen molar-refractivity contribution < 1.29 is 19.4 Å². The van der Waals surface area contributed by atoms with Crippen molar-refractivity contribution in [3.63, 3.8) is 0 Å². The SMILES string of the molecule is CC/C=C\CCOC(=O)C1C2C=CC(C2)C1C(=O)O. The van der Waals surface area contributed by atoms with Gasteiger partial charge in [0.2, 0.25) is 0 Å². The van der Waals surface area contributed by atoms with E-state index >= 15 is 0 Å². The van der Waals surface area contributed by atoms with E-state index < -0.39 is 17.8 Å². The summed E-state index contributed by atoms with van der Waals surface area (Å²) < 4.78 is 5.22. The second-order valence-electron chi connectivity index (χ2n) is 5.17. The third kappa shape index (κ3) is 2.88. The van der Waals surface area contributed by atoms with Gasteiger partial charge >= 0.3 is 11.9 Å². The van der Waals surface area contributed by atoms with Gasteiger partial charge in [0.1, 0.15) is 0 Å². The van der Waals surface area contributed by atoms with Crippen molar-refractivity contribution in [1.82, 2.24) is 0 Å². The quantitative estimate of drug-likeness (QED) is 0.454. The van der Waals surface area contributed by atoms with Gasteiger partial charge < -0.3 is 9.84 Å². The molecule has 0 spiro atoms. The van der Waals surface area contributed by atoms with Gasteiger partial charge in [-0.05, 0) is 31.1 Å². The Morgan fingerprint density at radius 1 is 1.26 bits per heavy atom. The van der Waals surface area contributed by atoms with E-state index in [2.05, 4.69) is 0 Å². The Morgan fingerprint density at radius 2 is 1.95 bits per heavy atom. The van der Waals surface area contributed by atoms with Crippen LogP contribution in [0, 0.1) is 23.7 Å². The fourth-order valence-corrected chi connectivity index (χ4v) is 3.09. The molecule has 0 heterocycles. The lowest BCUT2D eigenvalue weighted by molar-refractivity contribution is -0.158. The lowest BCUT2D eigenvalue weighted by Gasteiger charge is -2.22. The molecule has 0 radical (unpaired) electrons. The molecule has 2 aliphatic carbocycles. The van der Waals surface area contributed by atoms with Crippen LogP contribution in [0.2, 0.25) is 0 Å². The van der Waals surface area contributed by atoms with E-state index in [0.29, 0.717) is 13.0 Å². The molecular weight excluding hydrogens is 244 g/mol. The normalized spacial score (nSPS) is 32.1. The summed E-state index contributed by atoms with van der Waals surface area (Å²) >= 11 is 0. The monoisotopic (exact) mass is 264 g/mol. The van der Waals surface area contributed by atoms with Gasteiger partial charge in [-0.15, -0.1) is 0 Å². The molecule has 4 nitrogen and oxygen atoms in total. The highest BCUT2D eigenvalue weighted by Gasteiger charge is 2.52. The minimum Gasteiger partial charge on any atom is -0.481 e. The van der Waals surface area contributed by atoms with Crippen molar-refractivity contribution in [2.45, 2.75) is 26.2 Å². The zero-order valence-corrected chi connectivity index (χ0v) is 11.1. The van der Waals surface area contributed by atoms with E-state index in [1.165, 1.54) is 0 Å². The number of aliphatic carboxylic acids is 1. The highest BCUT2D eigenvalue weighted by Crippen LogP contribution is 2.48. The van der Waals surface area contributed by atoms with Gasteiger partial charge in [0.25, 0.3) is 0 Å². The predicted octanol–water partition coefficient (Wildman–Crippen LogP) is 2.41. The number of carboxylic acid groups (broad SMARTS) is 1. The molecule has 0 aliphatic heterocycles. The van der Waals surface area contributed by atoms with Crippen molar-refractivity contribution in [3.8, 4) is 0 Å². The van der Waals surface area contributed by atoms with Crippen LogP contribution in [0.3, 0.4) is 0 Å². The second-order valence-corrected chi connectivity index (χ2v) is 5.17. The van der Waals surface area contributed by atoms with Crippen LogP contribution in [0.4, 0.5) is 0 Å². The number of rotatable bonds is 6. The van der Waals surface area contributed by atoms with E-state index in [-0.39, 0.29) is 17.8 Å². The maximum Gasteiger partial charge on any atom is 0.310 e. The molecule has 2 aliphatic rings. The fourth-order valence-electron chi connectivity index (χ4n) is 3.09. The molecule has 0 aromatic rings. The van der Waals surface area contributed by atoms with E-state index in [0.717, 1.165) is 12.8 Å². The largest absolute Gasteiger partial charge is 0.481 e. The Labute approximate surface area is 113 Å². The maximum absolute atomic E-state index is 12.0. The Kier molecular flexibility index (Phi) is 4.40. The summed E-state index contributed by atoms with van der Waals surface area (Å²) in [5.41, 5.74) is 0. The molecular formula is C15H20O4. The first kappa shape index (κ1) is 13.8. The number of ether oxygens (including phenoxy) is 1. The summed E-state index contributed by atoms with van der Waals surface area (Å²) in [6.45, 7) is 2.38. The zero-order chi connectivity index (χ0) is 13.8. The first-order valence-electron chi connectivity index (χ1n) is 6.88. The smallest absolute Gasteiger partial charge is 0.310 e. The molecule has 1 saturated carbocycles. The maximum atomic E-state index is 12.0. The first-order valence-corrected chi connectivity index (χ1v) is 6.88. The Bertz CT molecular complexity index is 410. The second kappa shape index (κ2) is 6.04. The lowest BCUT2D eigenvalue weighted by Crippen LogP contribution is -2.34. The Morgan fingerprint density at radius 3 is 2.58 bits per heavy atom. The fraction of sp³-hybridized carbons (Fsp3) is 0.600. The summed E-state index contributed by atoms with van der Waals surface area (Å²) in [6, 6.07) is 0. The van der Waals surface area contributed by atoms with Crippen LogP contribution in [-0.2, 0) is 14.3 Å². The molecule has 0 aromatic carbocycles. The summed E-state index contributed by atoms with van der Waals surface area (Å²) in [5, 5.41) is 9.24. The molecule has 4 heteroatoms. The van der Waals surface area contributed by atoms with E-state index in [1.807, 2.05) is 31.2 Å². The molecule has 4 unspecified atom stereocenters. The van der Waals surface area contributed by atoms with Crippen molar-refractivity contribution in [2.75, 3.05) is 6.61 Å². The number of carboxylic acids is 1. The number of esters is 1. The molecule has 104 valence electrons. The van der Waals surface area contributed by atoms with Crippen LogP contribution in [-0.4, -0.2) is 23.7 Å². The van der Waals surface area contributed by atoms with Crippen LogP contribution in [0.5, 0.6) is 0 Å². The van der Waals surface area contributed by atoms with Crippen LogP contribution in [0.1, 0.15) is 26.2 Å². The average Bonchev–Trinajstić information content (AvgIpc) is 2.98. The number of hydrogen-bond acceptors (Lipinski definition) is 3. The minimum atomic E-state index is -0.885. The standard InChI is InChI=1S/C15H20O4/c1-2-3-4-5-8-19-15(18)13-11-7-6-10(9-11)12(13)14(16)17/h3-4,6-7,10-13H,2,5,8-9H2,1H3,(H,16,17)/b4-3-.